The predicted octanol–water partition coefficient (Wildman–Crippen LogP) is 3.94. The molecule has 2 N–H and O–H groups in total. The predicted molar refractivity (Wildman–Crippen MR) is 73.0 cm³/mol. The van der Waals surface area contributed by atoms with Gasteiger partial charge in [-0.1, -0.05) is 36.7 Å². The molecule has 2 aromatic rings. The molecule has 0 spiro atoms. The summed E-state index contributed by atoms with van der Waals surface area (Å²) in [6.07, 6.45) is 4.05. The number of para-hydroxylation sites is 1. The summed E-state index contributed by atoms with van der Waals surface area (Å²) in [4.78, 5) is 3.99. The van der Waals surface area contributed by atoms with Gasteiger partial charge < -0.3 is 10.5 Å². The first-order chi connectivity index (χ1) is 8.70. The molecular formula is C14H15ClN2O. The maximum Gasteiger partial charge on any atom is 0.147 e. The number of pyridine rings is 1. The minimum Gasteiger partial charge on any atom is -0.455 e. The number of hydrogen-bond donors (Lipinski definition) is 1. The number of ether oxygens (including phenoxy) is 1. The molecule has 2 rings (SSSR count). The Kier molecular flexibility index (Phi) is 4.18. The van der Waals surface area contributed by atoms with Gasteiger partial charge in [-0.2, -0.15) is 0 Å². The van der Waals surface area contributed by atoms with Crippen molar-refractivity contribution in [2.45, 2.75) is 19.4 Å². The third-order valence-corrected chi connectivity index (χ3v) is 2.87. The number of nitrogens with two attached hydrogens (primary N) is 1. The standard InChI is InChI=1S/C14H15ClN2O/c1-2-13(16)12-5-3-4-6-14(12)18-11-7-10(15)8-17-9-11/h3-9,13H,2,16H2,1H3/t13-/m0/s1. The van der Waals surface area contributed by atoms with Crippen molar-refractivity contribution in [1.29, 1.82) is 0 Å². The SMILES string of the molecule is CC[C@H](N)c1ccccc1Oc1cncc(Cl)c1. The Hall–Kier alpha value is -1.58. The van der Waals surface area contributed by atoms with E-state index >= 15 is 0 Å². The first-order valence-electron chi connectivity index (χ1n) is 5.83. The van der Waals surface area contributed by atoms with Gasteiger partial charge in [-0.05, 0) is 12.5 Å². The lowest BCUT2D eigenvalue weighted by Gasteiger charge is -2.15. The second-order valence-electron chi connectivity index (χ2n) is 3.99. The summed E-state index contributed by atoms with van der Waals surface area (Å²) in [5.41, 5.74) is 7.04. The molecule has 4 heteroatoms. The first kappa shape index (κ1) is 12.9. The third-order valence-electron chi connectivity index (χ3n) is 2.67. The van der Waals surface area contributed by atoms with Crippen molar-refractivity contribution in [2.75, 3.05) is 0 Å². The zero-order valence-corrected chi connectivity index (χ0v) is 10.9. The molecule has 0 aliphatic heterocycles. The maximum absolute atomic E-state index is 6.06. The minimum absolute atomic E-state index is 0.0339. The molecule has 0 saturated carbocycles. The van der Waals surface area contributed by atoms with Gasteiger partial charge in [0.05, 0.1) is 11.2 Å². The van der Waals surface area contributed by atoms with Crippen molar-refractivity contribution in [3.05, 3.63) is 53.3 Å². The van der Waals surface area contributed by atoms with Gasteiger partial charge in [0.25, 0.3) is 0 Å². The summed E-state index contributed by atoms with van der Waals surface area (Å²) in [7, 11) is 0. The van der Waals surface area contributed by atoms with E-state index in [1.54, 1.807) is 18.5 Å². The molecule has 94 valence electrons. The Morgan fingerprint density at radius 1 is 1.33 bits per heavy atom. The summed E-state index contributed by atoms with van der Waals surface area (Å²) in [6, 6.07) is 9.43. The molecule has 0 fully saturated rings. The lowest BCUT2D eigenvalue weighted by atomic mass is 10.0. The van der Waals surface area contributed by atoms with Gasteiger partial charge in [0.2, 0.25) is 0 Å². The Morgan fingerprint density at radius 2 is 2.11 bits per heavy atom. The largest absolute Gasteiger partial charge is 0.455 e. The first-order valence-corrected chi connectivity index (χ1v) is 6.21. The van der Waals surface area contributed by atoms with Crippen LogP contribution in [0.5, 0.6) is 11.5 Å². The van der Waals surface area contributed by atoms with Crippen LogP contribution in [0.15, 0.2) is 42.7 Å². The highest BCUT2D eigenvalue weighted by atomic mass is 35.5. The van der Waals surface area contributed by atoms with Gasteiger partial charge in [0.1, 0.15) is 11.5 Å². The maximum atomic E-state index is 6.06. The van der Waals surface area contributed by atoms with Crippen LogP contribution >= 0.6 is 11.6 Å². The van der Waals surface area contributed by atoms with Crippen molar-refractivity contribution in [2.24, 2.45) is 5.73 Å². The molecule has 0 aliphatic rings. The van der Waals surface area contributed by atoms with Crippen LogP contribution < -0.4 is 10.5 Å². The molecule has 0 aliphatic carbocycles. The quantitative estimate of drug-likeness (QED) is 0.908. The second kappa shape index (κ2) is 5.85. The highest BCUT2D eigenvalue weighted by molar-refractivity contribution is 6.30. The molecule has 0 amide bonds. The summed E-state index contributed by atoms with van der Waals surface area (Å²) >= 11 is 5.87. The summed E-state index contributed by atoms with van der Waals surface area (Å²) in [5.74, 6) is 1.36. The molecule has 1 atom stereocenters. The van der Waals surface area contributed by atoms with Crippen LogP contribution in [-0.4, -0.2) is 4.98 Å². The van der Waals surface area contributed by atoms with E-state index in [0.29, 0.717) is 10.8 Å². The molecule has 1 aromatic carbocycles. The summed E-state index contributed by atoms with van der Waals surface area (Å²) in [6.45, 7) is 2.04. The van der Waals surface area contributed by atoms with Crippen molar-refractivity contribution in [3.63, 3.8) is 0 Å². The van der Waals surface area contributed by atoms with Gasteiger partial charge >= 0.3 is 0 Å². The van der Waals surface area contributed by atoms with Crippen LogP contribution in [0.3, 0.4) is 0 Å². The van der Waals surface area contributed by atoms with Crippen LogP contribution in [0.25, 0.3) is 0 Å². The van der Waals surface area contributed by atoms with E-state index in [1.807, 2.05) is 31.2 Å². The highest BCUT2D eigenvalue weighted by Crippen LogP contribution is 2.30. The van der Waals surface area contributed by atoms with E-state index in [1.165, 1.54) is 0 Å². The summed E-state index contributed by atoms with van der Waals surface area (Å²) in [5, 5.41) is 0.546. The molecule has 0 saturated heterocycles. The van der Waals surface area contributed by atoms with Crippen LogP contribution in [0.1, 0.15) is 24.9 Å². The lowest BCUT2D eigenvalue weighted by molar-refractivity contribution is 0.466. The van der Waals surface area contributed by atoms with E-state index in [9.17, 15) is 0 Å². The highest BCUT2D eigenvalue weighted by Gasteiger charge is 2.10. The number of benzene rings is 1. The number of nitrogens with zero attached hydrogens (tertiary/aromatic N) is 1. The Balaban J connectivity index is 2.29. The van der Waals surface area contributed by atoms with E-state index in [-0.39, 0.29) is 6.04 Å². The van der Waals surface area contributed by atoms with Gasteiger partial charge in [-0.3, -0.25) is 4.98 Å². The Labute approximate surface area is 112 Å². The fourth-order valence-electron chi connectivity index (χ4n) is 1.67. The number of halogens is 1. The molecule has 0 radical (unpaired) electrons. The zero-order valence-electron chi connectivity index (χ0n) is 10.1. The van der Waals surface area contributed by atoms with E-state index < -0.39 is 0 Å². The average Bonchev–Trinajstić information content (AvgIpc) is 2.38. The van der Waals surface area contributed by atoms with Crippen molar-refractivity contribution in [3.8, 4) is 11.5 Å². The fraction of sp³-hybridized carbons (Fsp3) is 0.214. The van der Waals surface area contributed by atoms with Crippen LogP contribution in [0, 0.1) is 0 Å². The molecule has 0 unspecified atom stereocenters. The minimum atomic E-state index is -0.0339. The van der Waals surface area contributed by atoms with Gasteiger partial charge in [0, 0.05) is 23.9 Å². The zero-order chi connectivity index (χ0) is 13.0. The normalized spacial score (nSPS) is 12.2. The van der Waals surface area contributed by atoms with E-state index in [0.717, 1.165) is 17.7 Å². The Morgan fingerprint density at radius 3 is 2.83 bits per heavy atom. The monoisotopic (exact) mass is 262 g/mol. The van der Waals surface area contributed by atoms with Gasteiger partial charge in [0.15, 0.2) is 0 Å². The fourth-order valence-corrected chi connectivity index (χ4v) is 1.84. The molecule has 1 aromatic heterocycles. The van der Waals surface area contributed by atoms with Crippen LogP contribution in [0.4, 0.5) is 0 Å². The smallest absolute Gasteiger partial charge is 0.147 e. The molecule has 18 heavy (non-hydrogen) atoms. The van der Waals surface area contributed by atoms with Gasteiger partial charge in [-0.25, -0.2) is 0 Å². The molecule has 1 heterocycles. The van der Waals surface area contributed by atoms with E-state index in [4.69, 9.17) is 22.1 Å². The van der Waals surface area contributed by atoms with Crippen molar-refractivity contribution in [1.82, 2.24) is 4.98 Å². The number of hydrogen-bond acceptors (Lipinski definition) is 3. The number of rotatable bonds is 4. The topological polar surface area (TPSA) is 48.1 Å². The molecular weight excluding hydrogens is 248 g/mol. The van der Waals surface area contributed by atoms with E-state index in [2.05, 4.69) is 4.98 Å². The third kappa shape index (κ3) is 3.00. The van der Waals surface area contributed by atoms with Crippen LogP contribution in [-0.2, 0) is 0 Å². The number of aromatic nitrogens is 1. The second-order valence-corrected chi connectivity index (χ2v) is 4.43. The van der Waals surface area contributed by atoms with Crippen LogP contribution in [0.2, 0.25) is 5.02 Å². The molecule has 0 bridgehead atoms. The summed E-state index contributed by atoms with van der Waals surface area (Å²) < 4.78 is 5.79. The molecule has 3 nitrogen and oxygen atoms in total. The van der Waals surface area contributed by atoms with Gasteiger partial charge in [-0.15, -0.1) is 0 Å². The van der Waals surface area contributed by atoms with Crippen molar-refractivity contribution < 1.29 is 4.74 Å². The van der Waals surface area contributed by atoms with Crippen molar-refractivity contribution >= 4 is 11.6 Å². The Bertz CT molecular complexity index is 531. The average molecular weight is 263 g/mol. The lowest BCUT2D eigenvalue weighted by Crippen LogP contribution is -2.09.